The molecular formula is C35H69N5O11. The fourth-order valence-corrected chi connectivity index (χ4v) is 4.64. The maximum atomic E-state index is 12.2. The summed E-state index contributed by atoms with van der Waals surface area (Å²) < 4.78 is 21.1. The van der Waals surface area contributed by atoms with Crippen LogP contribution in [0.25, 0.3) is 0 Å². The van der Waals surface area contributed by atoms with Gasteiger partial charge in [-0.15, -0.1) is 0 Å². The summed E-state index contributed by atoms with van der Waals surface area (Å²) in [5.74, 6) is -1.13. The minimum Gasteiger partial charge on any atom is -0.466 e. The molecule has 0 aliphatic heterocycles. The lowest BCUT2D eigenvalue weighted by Gasteiger charge is -2.21. The summed E-state index contributed by atoms with van der Waals surface area (Å²) in [5, 5.41) is 39.2. The minimum absolute atomic E-state index is 0.0130. The molecule has 0 bridgehead atoms. The summed E-state index contributed by atoms with van der Waals surface area (Å²) in [6, 6.07) is 0. The Balaban J connectivity index is 3.79. The Morgan fingerprint density at radius 1 is 0.373 bits per heavy atom. The zero-order chi connectivity index (χ0) is 37.5. The van der Waals surface area contributed by atoms with Crippen LogP contribution in [0.5, 0.6) is 0 Å². The van der Waals surface area contributed by atoms with Crippen molar-refractivity contribution in [2.24, 2.45) is 0 Å². The van der Waals surface area contributed by atoms with E-state index in [1.54, 1.807) is 0 Å². The maximum Gasteiger partial charge on any atom is 0.307 e. The van der Waals surface area contributed by atoms with Crippen LogP contribution in [0.1, 0.15) is 83.5 Å². The van der Waals surface area contributed by atoms with Crippen molar-refractivity contribution in [2.45, 2.75) is 83.5 Å². The van der Waals surface area contributed by atoms with Gasteiger partial charge in [-0.2, -0.15) is 0 Å². The Hall–Kier alpha value is -2.44. The van der Waals surface area contributed by atoms with E-state index in [4.69, 9.17) is 29.2 Å². The summed E-state index contributed by atoms with van der Waals surface area (Å²) in [4.78, 5) is 50.0. The number of aliphatic hydroxyl groups excluding tert-OH is 3. The average Bonchev–Trinajstić information content (AvgIpc) is 3.12. The lowest BCUT2D eigenvalue weighted by Crippen LogP contribution is -2.31. The number of aliphatic hydroxyl groups is 3. The average molecular weight is 736 g/mol. The number of hydrogen-bond donors (Lipinski definition) is 7. The molecule has 0 aliphatic carbocycles. The number of unbranched alkanes of at least 4 members (excludes halogenated alkanes) is 4. The van der Waals surface area contributed by atoms with Crippen LogP contribution in [0, 0.1) is 0 Å². The summed E-state index contributed by atoms with van der Waals surface area (Å²) in [6.45, 7) is 8.39. The first-order valence-corrected chi connectivity index (χ1v) is 18.9. The molecule has 16 heteroatoms. The summed E-state index contributed by atoms with van der Waals surface area (Å²) in [6.07, 6.45) is 7.60. The third kappa shape index (κ3) is 37.1. The molecule has 0 unspecified atom stereocenters. The van der Waals surface area contributed by atoms with Crippen LogP contribution in [0.15, 0.2) is 0 Å². The van der Waals surface area contributed by atoms with Crippen molar-refractivity contribution in [1.82, 2.24) is 26.2 Å². The first-order valence-electron chi connectivity index (χ1n) is 18.9. The largest absolute Gasteiger partial charge is 0.466 e. The first kappa shape index (κ1) is 48.6. The van der Waals surface area contributed by atoms with Crippen LogP contribution < -0.4 is 21.3 Å². The fraction of sp³-hybridized carbons (Fsp3) is 0.886. The van der Waals surface area contributed by atoms with Crippen molar-refractivity contribution in [3.05, 3.63) is 0 Å². The molecule has 0 saturated heterocycles. The number of nitrogens with one attached hydrogen (secondary N) is 4. The van der Waals surface area contributed by atoms with E-state index in [1.807, 2.05) is 4.90 Å². The van der Waals surface area contributed by atoms with Crippen LogP contribution in [-0.2, 0) is 38.1 Å². The highest BCUT2D eigenvalue weighted by Crippen LogP contribution is 2.04. The number of carbonyl (C=O) groups is 4. The van der Waals surface area contributed by atoms with Gasteiger partial charge in [0.05, 0.1) is 65.3 Å². The highest BCUT2D eigenvalue weighted by Gasteiger charge is 2.12. The lowest BCUT2D eigenvalue weighted by molar-refractivity contribution is -0.145. The predicted molar refractivity (Wildman–Crippen MR) is 193 cm³/mol. The van der Waals surface area contributed by atoms with Crippen molar-refractivity contribution in [3.63, 3.8) is 0 Å². The number of esters is 4. The highest BCUT2D eigenvalue weighted by atomic mass is 16.5. The summed E-state index contributed by atoms with van der Waals surface area (Å²) in [7, 11) is 0. The Bertz CT molecular complexity index is 780. The van der Waals surface area contributed by atoms with E-state index in [2.05, 4.69) is 21.3 Å². The molecule has 16 nitrogen and oxygen atoms in total. The van der Waals surface area contributed by atoms with Crippen LogP contribution in [-0.4, -0.2) is 162 Å². The molecular weight excluding hydrogens is 666 g/mol. The third-order valence-corrected chi connectivity index (χ3v) is 7.53. The van der Waals surface area contributed by atoms with E-state index in [0.717, 1.165) is 51.9 Å². The molecule has 0 fully saturated rings. The van der Waals surface area contributed by atoms with Crippen LogP contribution in [0.3, 0.4) is 0 Å². The monoisotopic (exact) mass is 735 g/mol. The Morgan fingerprint density at radius 3 is 1.08 bits per heavy atom. The van der Waals surface area contributed by atoms with Crippen molar-refractivity contribution in [2.75, 3.05) is 118 Å². The smallest absolute Gasteiger partial charge is 0.307 e. The predicted octanol–water partition coefficient (Wildman–Crippen LogP) is -0.132. The van der Waals surface area contributed by atoms with Gasteiger partial charge in [-0.3, -0.25) is 19.2 Å². The maximum absolute atomic E-state index is 12.2. The lowest BCUT2D eigenvalue weighted by atomic mass is 10.2. The molecule has 0 aromatic carbocycles. The van der Waals surface area contributed by atoms with Gasteiger partial charge in [0.1, 0.15) is 0 Å². The van der Waals surface area contributed by atoms with Crippen molar-refractivity contribution >= 4 is 23.9 Å². The van der Waals surface area contributed by atoms with Gasteiger partial charge < -0.3 is 60.4 Å². The van der Waals surface area contributed by atoms with Crippen molar-refractivity contribution < 1.29 is 53.4 Å². The molecule has 0 aromatic heterocycles. The Labute approximate surface area is 305 Å². The molecule has 300 valence electrons. The Morgan fingerprint density at radius 2 is 0.725 bits per heavy atom. The number of carbonyl (C=O) groups excluding carboxylic acids is 4. The summed E-state index contributed by atoms with van der Waals surface area (Å²) in [5.41, 5.74) is 0. The van der Waals surface area contributed by atoms with Crippen LogP contribution in [0.4, 0.5) is 0 Å². The van der Waals surface area contributed by atoms with Gasteiger partial charge in [-0.05, 0) is 84.0 Å². The number of rotatable bonds is 39. The molecule has 0 spiro atoms. The second-order valence-corrected chi connectivity index (χ2v) is 12.1. The molecule has 7 N–H and O–H groups in total. The first-order chi connectivity index (χ1) is 24.9. The van der Waals surface area contributed by atoms with E-state index in [-0.39, 0.29) is 56.5 Å². The number of ether oxygens (including phenoxy) is 4. The van der Waals surface area contributed by atoms with Gasteiger partial charge in [0.2, 0.25) is 0 Å². The molecule has 0 radical (unpaired) electrons. The van der Waals surface area contributed by atoms with Gasteiger partial charge in [0.15, 0.2) is 0 Å². The third-order valence-electron chi connectivity index (χ3n) is 7.53. The zero-order valence-corrected chi connectivity index (χ0v) is 31.0. The number of hydrogen-bond acceptors (Lipinski definition) is 16. The van der Waals surface area contributed by atoms with Gasteiger partial charge in [0.25, 0.3) is 0 Å². The van der Waals surface area contributed by atoms with Crippen molar-refractivity contribution in [3.8, 4) is 0 Å². The molecule has 0 aliphatic rings. The molecule has 0 atom stereocenters. The number of nitrogens with zero attached hydrogens (tertiary/aromatic N) is 1. The second kappa shape index (κ2) is 38.8. The molecule has 0 aromatic rings. The van der Waals surface area contributed by atoms with Gasteiger partial charge >= 0.3 is 23.9 Å². The molecule has 0 rings (SSSR count). The van der Waals surface area contributed by atoms with Crippen molar-refractivity contribution in [1.29, 1.82) is 0 Å². The fourth-order valence-electron chi connectivity index (χ4n) is 4.64. The Kier molecular flexibility index (Phi) is 36.9. The molecule has 0 amide bonds. The molecule has 51 heavy (non-hydrogen) atoms. The molecule has 0 saturated carbocycles. The normalized spacial score (nSPS) is 11.1. The van der Waals surface area contributed by atoms with Gasteiger partial charge in [-0.1, -0.05) is 0 Å². The van der Waals surface area contributed by atoms with E-state index in [9.17, 15) is 24.3 Å². The zero-order valence-electron chi connectivity index (χ0n) is 31.0. The van der Waals surface area contributed by atoms with E-state index in [1.165, 1.54) is 0 Å². The topological polar surface area (TPSA) is 217 Å². The molecule has 0 heterocycles. The SMILES string of the molecule is O=C(CCNCCCNCCO)OCCCCCOC(=O)CCN(CCCO)CCC(=O)OCCCCCOC(=O)CCNCCCNCCO. The standard InChI is InChI=1S/C35H69N5O11/c41-25-9-22-40(23-12-34(46)50-30-5-1-3-28-48-32(44)10-18-36-14-7-16-38-20-26-42)24-13-35(47)51-31-6-2-4-29-49-33(45)11-19-37-15-8-17-39-21-27-43/h36-39,41-43H,1-31H2. The van der Waals surface area contributed by atoms with E-state index < -0.39 is 0 Å². The quantitative estimate of drug-likeness (QED) is 0.0249. The highest BCUT2D eigenvalue weighted by molar-refractivity contribution is 5.70. The van der Waals surface area contributed by atoms with Gasteiger partial charge in [0, 0.05) is 52.4 Å². The summed E-state index contributed by atoms with van der Waals surface area (Å²) >= 11 is 0. The second-order valence-electron chi connectivity index (χ2n) is 12.1. The van der Waals surface area contributed by atoms with Gasteiger partial charge in [-0.25, -0.2) is 0 Å². The van der Waals surface area contributed by atoms with Crippen LogP contribution in [0.2, 0.25) is 0 Å². The van der Waals surface area contributed by atoms with E-state index >= 15 is 0 Å². The van der Waals surface area contributed by atoms with Crippen LogP contribution >= 0.6 is 0 Å². The minimum atomic E-state index is -0.323. The van der Waals surface area contributed by atoms with E-state index in [0.29, 0.717) is 117 Å².